The highest BCUT2D eigenvalue weighted by molar-refractivity contribution is 5.25. The molecule has 3 heteroatoms. The summed E-state index contributed by atoms with van der Waals surface area (Å²) in [6.45, 7) is 10.7. The van der Waals surface area contributed by atoms with E-state index in [2.05, 4.69) is 43.4 Å². The molecule has 0 aliphatic heterocycles. The monoisotopic (exact) mass is 293 g/mol. The molecular formula is C18H31NO2. The van der Waals surface area contributed by atoms with Crippen LogP contribution in [0, 0.1) is 0 Å². The van der Waals surface area contributed by atoms with Crippen molar-refractivity contribution in [3.05, 3.63) is 35.4 Å². The number of hydrogen-bond acceptors (Lipinski definition) is 3. The Bertz CT molecular complexity index is 358. The van der Waals surface area contributed by atoms with E-state index in [-0.39, 0.29) is 12.3 Å². The van der Waals surface area contributed by atoms with Crippen molar-refractivity contribution in [3.63, 3.8) is 0 Å². The molecule has 0 saturated carbocycles. The van der Waals surface area contributed by atoms with Crippen molar-refractivity contribution in [3.8, 4) is 0 Å². The highest BCUT2D eigenvalue weighted by Gasteiger charge is 2.23. The SMILES string of the molecule is CCCNC(c1ccc(CCC)cc1)C(OCC)OCC. The van der Waals surface area contributed by atoms with Gasteiger partial charge in [0.2, 0.25) is 0 Å². The molecule has 1 atom stereocenters. The molecule has 0 aliphatic rings. The summed E-state index contributed by atoms with van der Waals surface area (Å²) in [4.78, 5) is 0. The Labute approximate surface area is 130 Å². The first kappa shape index (κ1) is 18.1. The first-order chi connectivity index (χ1) is 10.3. The van der Waals surface area contributed by atoms with Crippen LogP contribution in [0.1, 0.15) is 57.7 Å². The molecule has 21 heavy (non-hydrogen) atoms. The highest BCUT2D eigenvalue weighted by atomic mass is 16.7. The maximum absolute atomic E-state index is 5.79. The van der Waals surface area contributed by atoms with Gasteiger partial charge in [0.1, 0.15) is 0 Å². The average molecular weight is 293 g/mol. The molecule has 1 rings (SSSR count). The molecule has 1 unspecified atom stereocenters. The third kappa shape index (κ3) is 6.16. The first-order valence-corrected chi connectivity index (χ1v) is 8.32. The summed E-state index contributed by atoms with van der Waals surface area (Å²) in [7, 11) is 0. The van der Waals surface area contributed by atoms with Gasteiger partial charge in [-0.15, -0.1) is 0 Å². The van der Waals surface area contributed by atoms with E-state index in [4.69, 9.17) is 9.47 Å². The second-order valence-electron chi connectivity index (χ2n) is 5.20. The van der Waals surface area contributed by atoms with Gasteiger partial charge in [0.15, 0.2) is 6.29 Å². The van der Waals surface area contributed by atoms with E-state index >= 15 is 0 Å². The van der Waals surface area contributed by atoms with E-state index < -0.39 is 0 Å². The van der Waals surface area contributed by atoms with E-state index in [9.17, 15) is 0 Å². The number of hydrogen-bond donors (Lipinski definition) is 1. The number of ether oxygens (including phenoxy) is 2. The Morgan fingerprint density at radius 2 is 1.52 bits per heavy atom. The zero-order valence-corrected chi connectivity index (χ0v) is 14.0. The summed E-state index contributed by atoms with van der Waals surface area (Å²) < 4.78 is 11.6. The van der Waals surface area contributed by atoms with Gasteiger partial charge in [-0.3, -0.25) is 0 Å². The van der Waals surface area contributed by atoms with Crippen LogP contribution >= 0.6 is 0 Å². The Morgan fingerprint density at radius 3 is 2.00 bits per heavy atom. The molecule has 0 saturated heterocycles. The lowest BCUT2D eigenvalue weighted by molar-refractivity contribution is -0.155. The van der Waals surface area contributed by atoms with Crippen molar-refractivity contribution in [2.45, 2.75) is 59.3 Å². The maximum atomic E-state index is 5.79. The predicted molar refractivity (Wildman–Crippen MR) is 88.5 cm³/mol. The van der Waals surface area contributed by atoms with Gasteiger partial charge >= 0.3 is 0 Å². The lowest BCUT2D eigenvalue weighted by Crippen LogP contribution is -2.36. The summed E-state index contributed by atoms with van der Waals surface area (Å²) >= 11 is 0. The lowest BCUT2D eigenvalue weighted by atomic mass is 10.0. The van der Waals surface area contributed by atoms with Crippen molar-refractivity contribution in [1.82, 2.24) is 5.32 Å². The van der Waals surface area contributed by atoms with Gasteiger partial charge in [-0.05, 0) is 44.4 Å². The summed E-state index contributed by atoms with van der Waals surface area (Å²) in [6, 6.07) is 8.91. The van der Waals surface area contributed by atoms with Gasteiger partial charge in [-0.1, -0.05) is 44.5 Å². The van der Waals surface area contributed by atoms with Crippen molar-refractivity contribution in [2.75, 3.05) is 19.8 Å². The van der Waals surface area contributed by atoms with Crippen LogP contribution in [0.15, 0.2) is 24.3 Å². The van der Waals surface area contributed by atoms with Crippen molar-refractivity contribution < 1.29 is 9.47 Å². The Morgan fingerprint density at radius 1 is 0.905 bits per heavy atom. The topological polar surface area (TPSA) is 30.5 Å². The van der Waals surface area contributed by atoms with Crippen molar-refractivity contribution in [2.24, 2.45) is 0 Å². The molecule has 0 fully saturated rings. The summed E-state index contributed by atoms with van der Waals surface area (Å²) in [5.74, 6) is 0. The molecule has 120 valence electrons. The quantitative estimate of drug-likeness (QED) is 0.624. The normalized spacial score (nSPS) is 12.8. The average Bonchev–Trinajstić information content (AvgIpc) is 2.50. The number of rotatable bonds is 11. The lowest BCUT2D eigenvalue weighted by Gasteiger charge is -2.28. The van der Waals surface area contributed by atoms with Crippen LogP contribution in [0.25, 0.3) is 0 Å². The van der Waals surface area contributed by atoms with Crippen LogP contribution in [0.4, 0.5) is 0 Å². The third-order valence-electron chi connectivity index (χ3n) is 3.43. The zero-order chi connectivity index (χ0) is 15.5. The predicted octanol–water partition coefficient (Wildman–Crippen LogP) is 4.08. The van der Waals surface area contributed by atoms with Crippen molar-refractivity contribution in [1.29, 1.82) is 0 Å². The molecular weight excluding hydrogens is 262 g/mol. The molecule has 0 bridgehead atoms. The number of nitrogens with one attached hydrogen (secondary N) is 1. The maximum Gasteiger partial charge on any atom is 0.176 e. The van der Waals surface area contributed by atoms with Gasteiger partial charge in [0.05, 0.1) is 6.04 Å². The van der Waals surface area contributed by atoms with E-state index in [0.29, 0.717) is 13.2 Å². The minimum atomic E-state index is -0.233. The Hall–Kier alpha value is -0.900. The van der Waals surface area contributed by atoms with Crippen LogP contribution < -0.4 is 5.32 Å². The fourth-order valence-corrected chi connectivity index (χ4v) is 2.42. The molecule has 0 amide bonds. The highest BCUT2D eigenvalue weighted by Crippen LogP contribution is 2.21. The van der Waals surface area contributed by atoms with Crippen LogP contribution in [-0.2, 0) is 15.9 Å². The molecule has 0 aromatic heterocycles. The van der Waals surface area contributed by atoms with Crippen LogP contribution in [0.5, 0.6) is 0 Å². The fraction of sp³-hybridized carbons (Fsp3) is 0.667. The third-order valence-corrected chi connectivity index (χ3v) is 3.43. The van der Waals surface area contributed by atoms with Gasteiger partial charge < -0.3 is 14.8 Å². The van der Waals surface area contributed by atoms with Gasteiger partial charge in [-0.2, -0.15) is 0 Å². The molecule has 0 radical (unpaired) electrons. The Balaban J connectivity index is 2.87. The summed E-state index contributed by atoms with van der Waals surface area (Å²) in [5.41, 5.74) is 2.62. The second-order valence-corrected chi connectivity index (χ2v) is 5.20. The minimum Gasteiger partial charge on any atom is -0.351 e. The summed E-state index contributed by atoms with van der Waals surface area (Å²) in [5, 5.41) is 3.56. The zero-order valence-electron chi connectivity index (χ0n) is 14.0. The largest absolute Gasteiger partial charge is 0.351 e. The second kappa shape index (κ2) is 10.8. The number of aryl methyl sites for hydroxylation is 1. The molecule has 1 N–H and O–H groups in total. The molecule has 0 aliphatic carbocycles. The van der Waals surface area contributed by atoms with E-state index in [1.54, 1.807) is 0 Å². The van der Waals surface area contributed by atoms with Crippen LogP contribution in [0.3, 0.4) is 0 Å². The molecule has 1 aromatic rings. The van der Waals surface area contributed by atoms with E-state index in [0.717, 1.165) is 19.4 Å². The van der Waals surface area contributed by atoms with Gasteiger partial charge in [-0.25, -0.2) is 0 Å². The molecule has 0 spiro atoms. The van der Waals surface area contributed by atoms with E-state index in [1.807, 2.05) is 13.8 Å². The number of benzene rings is 1. The molecule has 0 heterocycles. The smallest absolute Gasteiger partial charge is 0.176 e. The van der Waals surface area contributed by atoms with Crippen LogP contribution in [0.2, 0.25) is 0 Å². The molecule has 1 aromatic carbocycles. The Kier molecular flexibility index (Phi) is 9.31. The first-order valence-electron chi connectivity index (χ1n) is 8.32. The molecule has 3 nitrogen and oxygen atoms in total. The summed E-state index contributed by atoms with van der Waals surface area (Å²) in [6.07, 6.45) is 3.17. The minimum absolute atomic E-state index is 0.0838. The van der Waals surface area contributed by atoms with E-state index in [1.165, 1.54) is 17.5 Å². The van der Waals surface area contributed by atoms with Gasteiger partial charge in [0.25, 0.3) is 0 Å². The van der Waals surface area contributed by atoms with Crippen LogP contribution in [-0.4, -0.2) is 26.0 Å². The van der Waals surface area contributed by atoms with Gasteiger partial charge in [0, 0.05) is 13.2 Å². The standard InChI is InChI=1S/C18H31NO2/c1-5-9-15-10-12-16(13-11-15)17(19-14-6-2)18(20-7-3)21-8-4/h10-13,17-19H,5-9,14H2,1-4H3. The fourth-order valence-electron chi connectivity index (χ4n) is 2.42. The van der Waals surface area contributed by atoms with Crippen molar-refractivity contribution >= 4 is 0 Å².